The highest BCUT2D eigenvalue weighted by molar-refractivity contribution is 5.67. The number of fused-ring (bicyclic) bond motifs is 1. The van der Waals surface area contributed by atoms with E-state index in [9.17, 15) is 4.79 Å². The fraction of sp³-hybridized carbons (Fsp3) is 0.342. The molecule has 1 heterocycles. The van der Waals surface area contributed by atoms with Gasteiger partial charge >= 0.3 is 6.16 Å². The molecule has 0 bridgehead atoms. The quantitative estimate of drug-likeness (QED) is 0.158. The molecule has 228 valence electrons. The van der Waals surface area contributed by atoms with Crippen molar-refractivity contribution in [3.8, 4) is 17.2 Å². The topological polar surface area (TPSA) is 63.2 Å². The molecule has 2 aliphatic rings. The Morgan fingerprint density at radius 2 is 1.45 bits per heavy atom. The molecule has 0 radical (unpaired) electrons. The maximum Gasteiger partial charge on any atom is 0.514 e. The third-order valence-electron chi connectivity index (χ3n) is 8.62. The van der Waals surface area contributed by atoms with Gasteiger partial charge in [0.05, 0.1) is 13.2 Å². The molecule has 6 heteroatoms. The number of hydrogen-bond acceptors (Lipinski definition) is 6. The highest BCUT2D eigenvalue weighted by atomic mass is 16.7. The molecule has 4 aromatic carbocycles. The van der Waals surface area contributed by atoms with Crippen LogP contribution in [0.4, 0.5) is 4.79 Å². The van der Waals surface area contributed by atoms with Crippen LogP contribution in [-0.4, -0.2) is 31.3 Å². The van der Waals surface area contributed by atoms with Crippen molar-refractivity contribution in [2.45, 2.75) is 75.8 Å². The summed E-state index contributed by atoms with van der Waals surface area (Å²) in [6.07, 6.45) is 2.16. The maximum absolute atomic E-state index is 12.6. The van der Waals surface area contributed by atoms with Crippen LogP contribution in [0.5, 0.6) is 17.2 Å². The van der Waals surface area contributed by atoms with Crippen LogP contribution < -0.4 is 14.2 Å². The summed E-state index contributed by atoms with van der Waals surface area (Å²) < 4.78 is 30.4. The van der Waals surface area contributed by atoms with Gasteiger partial charge in [-0.1, -0.05) is 91.0 Å². The molecule has 1 aliphatic carbocycles. The molecule has 1 fully saturated rings. The van der Waals surface area contributed by atoms with Crippen LogP contribution >= 0.6 is 0 Å². The highest BCUT2D eigenvalue weighted by Crippen LogP contribution is 2.51. The molecule has 4 aromatic rings. The summed E-state index contributed by atoms with van der Waals surface area (Å²) in [5.41, 5.74) is 3.62. The Labute approximate surface area is 259 Å². The first kappa shape index (κ1) is 29.8. The molecule has 0 aromatic heterocycles. The van der Waals surface area contributed by atoms with Crippen LogP contribution in [0.1, 0.15) is 74.6 Å². The van der Waals surface area contributed by atoms with E-state index in [1.54, 1.807) is 33.9 Å². The number of rotatable bonds is 7. The molecule has 0 spiro atoms. The van der Waals surface area contributed by atoms with Gasteiger partial charge in [0, 0.05) is 29.4 Å². The number of carbonyl (C=O) groups excluding carboxylic acids is 1. The third-order valence-corrected chi connectivity index (χ3v) is 8.62. The lowest BCUT2D eigenvalue weighted by Gasteiger charge is -2.40. The zero-order valence-electron chi connectivity index (χ0n) is 25.8. The first-order valence-electron chi connectivity index (χ1n) is 15.4. The predicted octanol–water partition coefficient (Wildman–Crippen LogP) is 8.81. The van der Waals surface area contributed by atoms with E-state index in [1.807, 2.05) is 24.3 Å². The Kier molecular flexibility index (Phi) is 8.37. The lowest BCUT2D eigenvalue weighted by molar-refractivity contribution is -0.141. The van der Waals surface area contributed by atoms with Crippen LogP contribution in [0.3, 0.4) is 0 Å². The number of methoxy groups -OCH3 is 1. The van der Waals surface area contributed by atoms with Crippen molar-refractivity contribution >= 4 is 6.16 Å². The molecule has 6 rings (SSSR count). The smallest absolute Gasteiger partial charge is 0.493 e. The van der Waals surface area contributed by atoms with E-state index >= 15 is 0 Å². The molecule has 0 amide bonds. The minimum Gasteiger partial charge on any atom is -0.493 e. The second-order valence-corrected chi connectivity index (χ2v) is 12.6. The molecule has 6 nitrogen and oxygen atoms in total. The Morgan fingerprint density at radius 1 is 0.841 bits per heavy atom. The fourth-order valence-electron chi connectivity index (χ4n) is 6.76. The maximum atomic E-state index is 12.6. The SMILES string of the molecule is COc1cc2c(cc1OC(=O)OC(C)(C)C)O[C@H](O[C@H]1CCCC1(c1ccccc1)c1ccccc1)C[C@@H]2c1ccccc1. The normalized spacial score (nSPS) is 20.7. The van der Waals surface area contributed by atoms with E-state index in [2.05, 4.69) is 72.8 Å². The first-order valence-corrected chi connectivity index (χ1v) is 15.4. The van der Waals surface area contributed by atoms with E-state index in [4.69, 9.17) is 23.7 Å². The van der Waals surface area contributed by atoms with Gasteiger partial charge in [-0.25, -0.2) is 4.79 Å². The van der Waals surface area contributed by atoms with Crippen molar-refractivity contribution < 1.29 is 28.5 Å². The summed E-state index contributed by atoms with van der Waals surface area (Å²) >= 11 is 0. The molecule has 0 unspecified atom stereocenters. The molecule has 0 saturated heterocycles. The summed E-state index contributed by atoms with van der Waals surface area (Å²) in [5.74, 6) is 1.24. The fourth-order valence-corrected chi connectivity index (χ4v) is 6.76. The van der Waals surface area contributed by atoms with Crippen LogP contribution in [0.25, 0.3) is 0 Å². The Balaban J connectivity index is 1.37. The van der Waals surface area contributed by atoms with Crippen LogP contribution in [0.15, 0.2) is 103 Å². The van der Waals surface area contributed by atoms with Gasteiger partial charge < -0.3 is 23.7 Å². The van der Waals surface area contributed by atoms with E-state index in [1.165, 1.54) is 11.1 Å². The molecule has 3 atom stereocenters. The van der Waals surface area contributed by atoms with Crippen LogP contribution in [-0.2, 0) is 14.9 Å². The van der Waals surface area contributed by atoms with Gasteiger partial charge in [-0.2, -0.15) is 0 Å². The number of benzene rings is 4. The Bertz CT molecular complexity index is 1520. The summed E-state index contributed by atoms with van der Waals surface area (Å²) in [5, 5.41) is 0. The van der Waals surface area contributed by atoms with E-state index < -0.39 is 18.0 Å². The zero-order valence-corrected chi connectivity index (χ0v) is 25.8. The van der Waals surface area contributed by atoms with Gasteiger partial charge in [0.25, 0.3) is 0 Å². The first-order chi connectivity index (χ1) is 21.3. The minimum absolute atomic E-state index is 0.0151. The average Bonchev–Trinajstić information content (AvgIpc) is 3.45. The van der Waals surface area contributed by atoms with Crippen molar-refractivity contribution in [1.29, 1.82) is 0 Å². The largest absolute Gasteiger partial charge is 0.514 e. The van der Waals surface area contributed by atoms with E-state index in [0.717, 1.165) is 30.4 Å². The molecule has 44 heavy (non-hydrogen) atoms. The standard InChI is InChI=1S/C38H40O6/c1-37(2,3)44-36(39)42-33-25-31-30(23-32(33)40-4)29(26-15-8-5-9-16-26)24-35(41-31)43-34-21-14-22-38(34,27-17-10-6-11-18-27)28-19-12-7-13-20-28/h5-13,15-20,23,25,29,34-35H,14,21-22,24H2,1-4H3/t29-,34+,35-/m1/s1. The number of carbonyl (C=O) groups is 1. The molecular weight excluding hydrogens is 552 g/mol. The minimum atomic E-state index is -0.805. The summed E-state index contributed by atoms with van der Waals surface area (Å²) in [6.45, 7) is 5.38. The summed E-state index contributed by atoms with van der Waals surface area (Å²) in [4.78, 5) is 12.6. The van der Waals surface area contributed by atoms with Gasteiger partial charge in [0.2, 0.25) is 6.29 Å². The van der Waals surface area contributed by atoms with Crippen molar-refractivity contribution in [3.63, 3.8) is 0 Å². The average molecular weight is 593 g/mol. The van der Waals surface area contributed by atoms with Gasteiger partial charge in [0.15, 0.2) is 11.5 Å². The van der Waals surface area contributed by atoms with Gasteiger partial charge in [-0.15, -0.1) is 0 Å². The molecule has 1 saturated carbocycles. The monoisotopic (exact) mass is 592 g/mol. The van der Waals surface area contributed by atoms with Gasteiger partial charge in [-0.05, 0) is 62.8 Å². The van der Waals surface area contributed by atoms with E-state index in [-0.39, 0.29) is 23.2 Å². The summed E-state index contributed by atoms with van der Waals surface area (Å²) in [6, 6.07) is 35.4. The van der Waals surface area contributed by atoms with Crippen molar-refractivity contribution in [2.75, 3.05) is 7.11 Å². The Morgan fingerprint density at radius 3 is 2.05 bits per heavy atom. The van der Waals surface area contributed by atoms with Crippen molar-refractivity contribution in [1.82, 2.24) is 0 Å². The van der Waals surface area contributed by atoms with E-state index in [0.29, 0.717) is 17.9 Å². The van der Waals surface area contributed by atoms with Gasteiger partial charge in [-0.3, -0.25) is 0 Å². The number of hydrogen-bond donors (Lipinski definition) is 0. The Hall–Kier alpha value is -4.29. The summed E-state index contributed by atoms with van der Waals surface area (Å²) in [7, 11) is 1.56. The second kappa shape index (κ2) is 12.4. The third kappa shape index (κ3) is 6.04. The molecule has 0 N–H and O–H groups in total. The lowest BCUT2D eigenvalue weighted by Crippen LogP contribution is -2.42. The lowest BCUT2D eigenvalue weighted by atomic mass is 9.71. The molecular formula is C38H40O6. The van der Waals surface area contributed by atoms with Gasteiger partial charge in [0.1, 0.15) is 11.4 Å². The van der Waals surface area contributed by atoms with Crippen LogP contribution in [0.2, 0.25) is 0 Å². The zero-order chi connectivity index (χ0) is 30.7. The van der Waals surface area contributed by atoms with Crippen LogP contribution in [0, 0.1) is 0 Å². The molecule has 1 aliphatic heterocycles. The van der Waals surface area contributed by atoms with Crippen molar-refractivity contribution in [2.24, 2.45) is 0 Å². The predicted molar refractivity (Wildman–Crippen MR) is 170 cm³/mol. The number of ether oxygens (including phenoxy) is 5. The second-order valence-electron chi connectivity index (χ2n) is 12.6. The highest BCUT2D eigenvalue weighted by Gasteiger charge is 2.48. The van der Waals surface area contributed by atoms with Crippen molar-refractivity contribution in [3.05, 3.63) is 125 Å².